The number of carbonyl (C=O) groups excluding carboxylic acids is 3. The third-order valence-electron chi connectivity index (χ3n) is 7.53. The van der Waals surface area contributed by atoms with E-state index in [1.54, 1.807) is 18.2 Å². The molecular weight excluding hydrogens is 516 g/mol. The number of esters is 3. The molecule has 39 heavy (non-hydrogen) atoms. The topological polar surface area (TPSA) is 156 Å². The van der Waals surface area contributed by atoms with Crippen LogP contribution in [0.3, 0.4) is 0 Å². The molecule has 9 heterocycles. The summed E-state index contributed by atoms with van der Waals surface area (Å²) in [6.07, 6.45) is 0.340. The minimum absolute atomic E-state index is 0.209. The second-order valence-corrected chi connectivity index (χ2v) is 9.92. The van der Waals surface area contributed by atoms with Gasteiger partial charge in [-0.15, -0.1) is 0 Å². The van der Waals surface area contributed by atoms with Crippen LogP contribution in [0.1, 0.15) is 44.4 Å². The van der Waals surface area contributed by atoms with Crippen molar-refractivity contribution in [2.24, 2.45) is 5.41 Å². The van der Waals surface area contributed by atoms with Gasteiger partial charge in [0.05, 0.1) is 5.41 Å². The van der Waals surface area contributed by atoms with Gasteiger partial charge in [-0.05, 0) is 6.42 Å². The Morgan fingerprint density at radius 3 is 1.18 bits per heavy atom. The van der Waals surface area contributed by atoms with Gasteiger partial charge in [-0.1, -0.05) is 6.92 Å². The Morgan fingerprint density at radius 2 is 0.923 bits per heavy atom. The minimum atomic E-state index is -1.06. The highest BCUT2D eigenvalue weighted by atomic mass is 16.6. The average Bonchev–Trinajstić information content (AvgIpc) is 3.90. The summed E-state index contributed by atoms with van der Waals surface area (Å²) in [4.78, 5) is 38.7. The molecule has 3 aliphatic rings. The standard InChI is InChI=1S/C27H14O12/c1-2-27(6-31-24(28)9-3-12-18-21(37-18)15(9)34-12,7-32-25(29)10-4-13-19-22(38-19)16(10)35-13)8-33-26(30)11-5-14-20-23(39-20)17(11)36-14/h3-5H,2,6-8H2,1H3. The van der Waals surface area contributed by atoms with Crippen LogP contribution < -0.4 is 14.2 Å². The summed E-state index contributed by atoms with van der Waals surface area (Å²) in [7, 11) is 0. The Morgan fingerprint density at radius 1 is 0.590 bits per heavy atom. The number of benzene rings is 3. The van der Waals surface area contributed by atoms with Crippen molar-refractivity contribution in [3.63, 3.8) is 0 Å². The number of ether oxygens (including phenoxy) is 6. The van der Waals surface area contributed by atoms with Crippen molar-refractivity contribution in [2.45, 2.75) is 13.3 Å². The summed E-state index contributed by atoms with van der Waals surface area (Å²) in [5.74, 6) is 1.59. The Balaban J connectivity index is 0.944. The van der Waals surface area contributed by atoms with E-state index in [2.05, 4.69) is 0 Å². The van der Waals surface area contributed by atoms with Gasteiger partial charge < -0.3 is 41.7 Å². The lowest BCUT2D eigenvalue weighted by Crippen LogP contribution is -2.39. The van der Waals surface area contributed by atoms with Crippen molar-refractivity contribution < 1.29 is 56.1 Å². The molecule has 0 aliphatic carbocycles. The van der Waals surface area contributed by atoms with Gasteiger partial charge in [0, 0.05) is 18.2 Å². The van der Waals surface area contributed by atoms with E-state index in [4.69, 9.17) is 41.7 Å². The van der Waals surface area contributed by atoms with Crippen LogP contribution >= 0.6 is 0 Å². The van der Waals surface area contributed by atoms with Crippen molar-refractivity contribution >= 4 is 51.4 Å². The molecular formula is C27H14O12. The fraction of sp³-hybridized carbons (Fsp3) is 0.222. The quantitative estimate of drug-likeness (QED) is 0.119. The Bertz CT molecular complexity index is 1780. The lowest BCUT2D eigenvalue weighted by molar-refractivity contribution is -0.0379. The maximum Gasteiger partial charge on any atom is 0.342 e. The Labute approximate surface area is 215 Å². The molecule has 12 heteroatoms. The largest absolute Gasteiger partial charge is 0.461 e. The first kappa shape index (κ1) is 20.9. The van der Waals surface area contributed by atoms with E-state index in [9.17, 15) is 14.4 Å². The van der Waals surface area contributed by atoms with E-state index in [1.807, 2.05) is 6.92 Å². The molecule has 12 nitrogen and oxygen atoms in total. The van der Waals surface area contributed by atoms with Crippen LogP contribution in [-0.2, 0) is 14.2 Å². The molecule has 0 radical (unpaired) electrons. The third-order valence-corrected chi connectivity index (χ3v) is 7.53. The number of fused-ring (bicyclic) bond motifs is 15. The molecule has 0 fully saturated rings. The van der Waals surface area contributed by atoms with Crippen LogP contribution in [-0.4, -0.2) is 37.7 Å². The van der Waals surface area contributed by atoms with E-state index >= 15 is 0 Å². The van der Waals surface area contributed by atoms with Gasteiger partial charge in [0.25, 0.3) is 0 Å². The fourth-order valence-corrected chi connectivity index (χ4v) is 4.95. The van der Waals surface area contributed by atoms with Gasteiger partial charge in [0.2, 0.25) is 34.5 Å². The predicted molar refractivity (Wildman–Crippen MR) is 126 cm³/mol. The molecule has 0 spiro atoms. The lowest BCUT2D eigenvalue weighted by atomic mass is 9.88. The molecule has 0 unspecified atom stereocenters. The van der Waals surface area contributed by atoms with Crippen LogP contribution in [0.15, 0.2) is 31.5 Å². The van der Waals surface area contributed by atoms with E-state index in [0.717, 1.165) is 0 Å². The molecule has 0 saturated carbocycles. The van der Waals surface area contributed by atoms with Gasteiger partial charge in [-0.3, -0.25) is 0 Å². The molecule has 194 valence electrons. The Kier molecular flexibility index (Phi) is 3.56. The van der Waals surface area contributed by atoms with Crippen molar-refractivity contribution in [3.05, 3.63) is 34.9 Å². The predicted octanol–water partition coefficient (Wildman–Crippen LogP) is 5.82. The number of carbonyl (C=O) groups is 3. The SMILES string of the molecule is CCC(COC(=O)c1cc2oc1c1c2O1)(COC(=O)c1cc2oc1c1c2O1)COC(=O)c1cc2oc1c1c2O1. The van der Waals surface area contributed by atoms with E-state index in [1.165, 1.54) is 0 Å². The minimum Gasteiger partial charge on any atom is -0.461 e. The zero-order valence-corrected chi connectivity index (χ0v) is 20.0. The fourth-order valence-electron chi connectivity index (χ4n) is 4.95. The summed E-state index contributed by atoms with van der Waals surface area (Å²) < 4.78 is 49.2. The highest BCUT2D eigenvalue weighted by molar-refractivity contribution is 6.08. The van der Waals surface area contributed by atoms with E-state index in [-0.39, 0.29) is 36.5 Å². The lowest BCUT2D eigenvalue weighted by Gasteiger charge is -2.30. The van der Waals surface area contributed by atoms with E-state index < -0.39 is 23.3 Å². The number of furan rings is 6. The van der Waals surface area contributed by atoms with Crippen LogP contribution in [0, 0.1) is 5.41 Å². The molecule has 9 rings (SSSR count). The van der Waals surface area contributed by atoms with Gasteiger partial charge in [0.15, 0.2) is 33.5 Å². The first-order chi connectivity index (χ1) is 18.9. The summed E-state index contributed by atoms with van der Waals surface area (Å²) in [6, 6.07) is 4.65. The van der Waals surface area contributed by atoms with Crippen molar-refractivity contribution in [1.29, 1.82) is 0 Å². The molecule has 6 aromatic rings. The number of hydrogen-bond donors (Lipinski definition) is 0. The van der Waals surface area contributed by atoms with Crippen LogP contribution in [0.4, 0.5) is 0 Å². The van der Waals surface area contributed by atoms with Crippen molar-refractivity contribution in [2.75, 3.05) is 19.8 Å². The smallest absolute Gasteiger partial charge is 0.342 e. The van der Waals surface area contributed by atoms with E-state index in [0.29, 0.717) is 74.4 Å². The van der Waals surface area contributed by atoms with Crippen molar-refractivity contribution in [3.8, 4) is 34.5 Å². The monoisotopic (exact) mass is 530 g/mol. The second kappa shape index (κ2) is 6.65. The molecule has 6 bridgehead atoms. The van der Waals surface area contributed by atoms with Crippen molar-refractivity contribution in [1.82, 2.24) is 0 Å². The molecule has 6 aromatic heterocycles. The summed E-state index contributed by atoms with van der Waals surface area (Å²) >= 11 is 0. The van der Waals surface area contributed by atoms with Crippen LogP contribution in [0.25, 0.3) is 33.5 Å². The first-order valence-corrected chi connectivity index (χ1v) is 12.1. The second-order valence-electron chi connectivity index (χ2n) is 9.92. The maximum atomic E-state index is 12.9. The van der Waals surface area contributed by atoms with Gasteiger partial charge in [-0.2, -0.15) is 0 Å². The van der Waals surface area contributed by atoms with Crippen LogP contribution in [0.5, 0.6) is 34.5 Å². The molecule has 0 saturated heterocycles. The summed E-state index contributed by atoms with van der Waals surface area (Å²) in [5.41, 5.74) is 2.04. The summed E-state index contributed by atoms with van der Waals surface area (Å²) in [5, 5.41) is 0. The number of hydrogen-bond acceptors (Lipinski definition) is 12. The zero-order valence-electron chi connectivity index (χ0n) is 20.0. The van der Waals surface area contributed by atoms with Gasteiger partial charge in [-0.25, -0.2) is 14.4 Å². The highest BCUT2D eigenvalue weighted by Gasteiger charge is 2.42. The molecule has 0 N–H and O–H groups in total. The van der Waals surface area contributed by atoms with Gasteiger partial charge in [0.1, 0.15) is 36.5 Å². The molecule has 0 atom stereocenters. The van der Waals surface area contributed by atoms with Gasteiger partial charge >= 0.3 is 17.9 Å². The normalized spacial score (nSPS) is 14.1. The zero-order chi connectivity index (χ0) is 26.2. The summed E-state index contributed by atoms with van der Waals surface area (Å²) in [6.45, 7) is 1.19. The molecule has 0 amide bonds. The highest BCUT2D eigenvalue weighted by Crippen LogP contribution is 2.59. The molecule has 3 aliphatic heterocycles. The molecule has 0 aromatic carbocycles. The maximum absolute atomic E-state index is 12.9. The first-order valence-electron chi connectivity index (χ1n) is 12.1. The Hall–Kier alpha value is -5.13. The average molecular weight is 530 g/mol. The number of rotatable bonds is 10. The van der Waals surface area contributed by atoms with Crippen LogP contribution in [0.2, 0.25) is 0 Å². The third kappa shape index (κ3) is 2.79.